The number of Topliss-reactive ketones (excluding diaryl/α,β-unsaturated/α-hetero) is 1. The molecule has 1 N–H and O–H groups in total. The van der Waals surface area contributed by atoms with Crippen molar-refractivity contribution < 1.29 is 28.9 Å². The summed E-state index contributed by atoms with van der Waals surface area (Å²) in [7, 11) is 4.47. The molecule has 0 spiro atoms. The first-order chi connectivity index (χ1) is 16.4. The van der Waals surface area contributed by atoms with Crippen molar-refractivity contribution in [1.82, 2.24) is 0 Å². The van der Waals surface area contributed by atoms with Crippen LogP contribution in [0.3, 0.4) is 0 Å². The van der Waals surface area contributed by atoms with Crippen LogP contribution in [-0.2, 0) is 9.59 Å². The fourth-order valence-corrected chi connectivity index (χ4v) is 4.20. The van der Waals surface area contributed by atoms with Gasteiger partial charge in [-0.05, 0) is 54.4 Å². The monoisotopic (exact) mass is 459 g/mol. The summed E-state index contributed by atoms with van der Waals surface area (Å²) < 4.78 is 16.1. The lowest BCUT2D eigenvalue weighted by molar-refractivity contribution is -0.132. The minimum absolute atomic E-state index is 0.0560. The van der Waals surface area contributed by atoms with Crippen LogP contribution in [-0.4, -0.2) is 38.1 Å². The molecule has 7 nitrogen and oxygen atoms in total. The fourth-order valence-electron chi connectivity index (χ4n) is 4.20. The normalized spacial score (nSPS) is 17.1. The molecule has 7 heteroatoms. The third-order valence-electron chi connectivity index (χ3n) is 5.82. The Labute approximate surface area is 197 Å². The number of hydrogen-bond acceptors (Lipinski definition) is 6. The molecule has 4 rings (SSSR count). The maximum Gasteiger partial charge on any atom is 0.300 e. The van der Waals surface area contributed by atoms with Crippen LogP contribution in [0.1, 0.15) is 22.7 Å². The van der Waals surface area contributed by atoms with Crippen LogP contribution in [0.4, 0.5) is 5.69 Å². The second-order valence-electron chi connectivity index (χ2n) is 7.82. The first-order valence-electron chi connectivity index (χ1n) is 10.6. The second-order valence-corrected chi connectivity index (χ2v) is 7.82. The summed E-state index contributed by atoms with van der Waals surface area (Å²) in [6.45, 7) is 1.90. The zero-order valence-corrected chi connectivity index (χ0v) is 19.4. The Balaban J connectivity index is 2.00. The van der Waals surface area contributed by atoms with E-state index < -0.39 is 17.7 Å². The summed E-state index contributed by atoms with van der Waals surface area (Å²) in [4.78, 5) is 28.1. The number of amides is 1. The SMILES string of the molecule is COc1ccc(C2/C(=C(\O)c3c(OC)cccc3OC)C(=O)C(=O)N2c2cccc(C)c2)cc1. The number of ether oxygens (including phenoxy) is 3. The van der Waals surface area contributed by atoms with Crippen molar-refractivity contribution in [3.05, 3.63) is 89.0 Å². The predicted octanol–water partition coefficient (Wildman–Crippen LogP) is 4.65. The van der Waals surface area contributed by atoms with Crippen molar-refractivity contribution >= 4 is 23.1 Å². The molecule has 34 heavy (non-hydrogen) atoms. The Morgan fingerprint density at radius 2 is 1.47 bits per heavy atom. The van der Waals surface area contributed by atoms with Gasteiger partial charge in [-0.25, -0.2) is 0 Å². The van der Waals surface area contributed by atoms with Gasteiger partial charge >= 0.3 is 0 Å². The van der Waals surface area contributed by atoms with Gasteiger partial charge in [0.25, 0.3) is 11.7 Å². The van der Waals surface area contributed by atoms with Gasteiger partial charge in [-0.3, -0.25) is 14.5 Å². The van der Waals surface area contributed by atoms with E-state index in [9.17, 15) is 14.7 Å². The third-order valence-corrected chi connectivity index (χ3v) is 5.82. The Bertz CT molecular complexity index is 1260. The summed E-state index contributed by atoms with van der Waals surface area (Å²) in [6.07, 6.45) is 0. The van der Waals surface area contributed by atoms with Gasteiger partial charge in [0.15, 0.2) is 0 Å². The molecule has 0 bridgehead atoms. The maximum atomic E-state index is 13.4. The number of benzene rings is 3. The predicted molar refractivity (Wildman–Crippen MR) is 129 cm³/mol. The first kappa shape index (κ1) is 22.9. The van der Waals surface area contributed by atoms with Gasteiger partial charge in [-0.1, -0.05) is 30.3 Å². The van der Waals surface area contributed by atoms with Crippen molar-refractivity contribution in [2.75, 3.05) is 26.2 Å². The lowest BCUT2D eigenvalue weighted by Gasteiger charge is -2.26. The van der Waals surface area contributed by atoms with Crippen molar-refractivity contribution in [2.24, 2.45) is 0 Å². The highest BCUT2D eigenvalue weighted by Gasteiger charge is 2.47. The van der Waals surface area contributed by atoms with Crippen LogP contribution in [0.5, 0.6) is 17.2 Å². The summed E-state index contributed by atoms with van der Waals surface area (Å²) in [5, 5.41) is 11.5. The van der Waals surface area contributed by atoms with E-state index in [-0.39, 0.29) is 16.9 Å². The number of aliphatic hydroxyl groups is 1. The molecule has 1 atom stereocenters. The molecule has 0 radical (unpaired) electrons. The van der Waals surface area contributed by atoms with Crippen molar-refractivity contribution in [2.45, 2.75) is 13.0 Å². The number of anilines is 1. The van der Waals surface area contributed by atoms with Gasteiger partial charge < -0.3 is 19.3 Å². The molecule has 1 heterocycles. The Morgan fingerprint density at radius 1 is 0.853 bits per heavy atom. The average Bonchev–Trinajstić information content (AvgIpc) is 3.13. The number of hydrogen-bond donors (Lipinski definition) is 1. The van der Waals surface area contributed by atoms with E-state index in [1.165, 1.54) is 19.1 Å². The molecule has 1 aliphatic heterocycles. The summed E-state index contributed by atoms with van der Waals surface area (Å²) >= 11 is 0. The number of rotatable bonds is 6. The van der Waals surface area contributed by atoms with Crippen LogP contribution in [0, 0.1) is 6.92 Å². The van der Waals surface area contributed by atoms with Crippen LogP contribution in [0.2, 0.25) is 0 Å². The van der Waals surface area contributed by atoms with Crippen LogP contribution in [0.25, 0.3) is 5.76 Å². The molecule has 174 valence electrons. The molecule has 1 saturated heterocycles. The van der Waals surface area contributed by atoms with Gasteiger partial charge in [0, 0.05) is 5.69 Å². The minimum Gasteiger partial charge on any atom is -0.506 e. The highest BCUT2D eigenvalue weighted by atomic mass is 16.5. The van der Waals surface area contributed by atoms with Crippen LogP contribution >= 0.6 is 0 Å². The summed E-state index contributed by atoms with van der Waals surface area (Å²) in [5.41, 5.74) is 2.26. The number of methoxy groups -OCH3 is 3. The minimum atomic E-state index is -0.873. The van der Waals surface area contributed by atoms with E-state index in [0.29, 0.717) is 28.5 Å². The molecule has 0 saturated carbocycles. The zero-order valence-electron chi connectivity index (χ0n) is 19.4. The molecule has 3 aromatic rings. The Morgan fingerprint density at radius 3 is 2.03 bits per heavy atom. The maximum absolute atomic E-state index is 13.4. The average molecular weight is 459 g/mol. The number of ketones is 1. The highest BCUT2D eigenvalue weighted by Crippen LogP contribution is 2.45. The largest absolute Gasteiger partial charge is 0.506 e. The molecule has 3 aromatic carbocycles. The number of nitrogens with zero attached hydrogens (tertiary/aromatic N) is 1. The van der Waals surface area contributed by atoms with E-state index in [4.69, 9.17) is 14.2 Å². The molecule has 1 amide bonds. The standard InChI is InChI=1S/C27H25NO6/c1-16-7-5-8-18(15-16)28-24(17-11-13-19(32-2)14-12-17)23(26(30)27(28)31)25(29)22-20(33-3)9-6-10-21(22)34-4/h5-15,24,29H,1-4H3/b25-23+. The van der Waals surface area contributed by atoms with E-state index >= 15 is 0 Å². The third kappa shape index (κ3) is 3.85. The quantitative estimate of drug-likeness (QED) is 0.328. The lowest BCUT2D eigenvalue weighted by Crippen LogP contribution is -2.29. The van der Waals surface area contributed by atoms with Gasteiger partial charge in [-0.15, -0.1) is 0 Å². The van der Waals surface area contributed by atoms with Gasteiger partial charge in [-0.2, -0.15) is 0 Å². The number of aryl methyl sites for hydroxylation is 1. The van der Waals surface area contributed by atoms with E-state index in [1.807, 2.05) is 25.1 Å². The number of carbonyl (C=O) groups excluding carboxylic acids is 2. The van der Waals surface area contributed by atoms with E-state index in [2.05, 4.69) is 0 Å². The van der Waals surface area contributed by atoms with Crippen molar-refractivity contribution in [3.63, 3.8) is 0 Å². The first-order valence-corrected chi connectivity index (χ1v) is 10.6. The fraction of sp³-hybridized carbons (Fsp3) is 0.185. The topological polar surface area (TPSA) is 85.3 Å². The molecule has 1 fully saturated rings. The molecule has 1 unspecified atom stereocenters. The second kappa shape index (κ2) is 9.31. The summed E-state index contributed by atoms with van der Waals surface area (Å²) in [6, 6.07) is 18.5. The van der Waals surface area contributed by atoms with E-state index in [0.717, 1.165) is 5.56 Å². The molecular formula is C27H25NO6. The Kier molecular flexibility index (Phi) is 6.27. The van der Waals surface area contributed by atoms with Crippen LogP contribution < -0.4 is 19.1 Å². The van der Waals surface area contributed by atoms with Crippen LogP contribution in [0.15, 0.2) is 72.3 Å². The highest BCUT2D eigenvalue weighted by molar-refractivity contribution is 6.51. The smallest absolute Gasteiger partial charge is 0.300 e. The number of carbonyl (C=O) groups is 2. The van der Waals surface area contributed by atoms with Crippen molar-refractivity contribution in [3.8, 4) is 17.2 Å². The van der Waals surface area contributed by atoms with Gasteiger partial charge in [0.2, 0.25) is 0 Å². The molecular weight excluding hydrogens is 434 g/mol. The number of aliphatic hydroxyl groups excluding tert-OH is 1. The van der Waals surface area contributed by atoms with Gasteiger partial charge in [0.05, 0.1) is 32.9 Å². The molecule has 0 aromatic heterocycles. The Hall–Kier alpha value is -4.26. The lowest BCUT2D eigenvalue weighted by atomic mass is 9.94. The summed E-state index contributed by atoms with van der Waals surface area (Å²) in [5.74, 6) is -0.653. The molecule has 0 aliphatic carbocycles. The molecule has 1 aliphatic rings. The van der Waals surface area contributed by atoms with Crippen molar-refractivity contribution in [1.29, 1.82) is 0 Å². The zero-order chi connectivity index (χ0) is 24.4. The van der Waals surface area contributed by atoms with E-state index in [1.54, 1.807) is 55.6 Å². The van der Waals surface area contributed by atoms with Gasteiger partial charge in [0.1, 0.15) is 28.6 Å².